The average molecular weight is 440 g/mol. The van der Waals surface area contributed by atoms with Gasteiger partial charge in [0.1, 0.15) is 5.75 Å². The summed E-state index contributed by atoms with van der Waals surface area (Å²) in [4.78, 5) is 33.8. The number of aromatic nitrogens is 1. The number of amides is 1. The maximum atomic E-state index is 13.4. The van der Waals surface area contributed by atoms with Gasteiger partial charge in [0.05, 0.1) is 16.8 Å². The van der Waals surface area contributed by atoms with E-state index in [9.17, 15) is 9.59 Å². The summed E-state index contributed by atoms with van der Waals surface area (Å²) in [6, 6.07) is 12.6. The van der Waals surface area contributed by atoms with E-state index < -0.39 is 0 Å². The Morgan fingerprint density at radius 3 is 2.26 bits per heavy atom. The normalized spacial score (nSPS) is 11.1. The number of thiazole rings is 1. The van der Waals surface area contributed by atoms with Crippen molar-refractivity contribution in [2.75, 3.05) is 37.7 Å². The number of ketones is 1. The second-order valence-electron chi connectivity index (χ2n) is 7.18. The molecule has 1 heterocycles. The van der Waals surface area contributed by atoms with Crippen molar-refractivity contribution < 1.29 is 14.3 Å². The number of fused-ring (bicyclic) bond motifs is 1. The first-order valence-electron chi connectivity index (χ1n) is 10.6. The Kier molecular flexibility index (Phi) is 7.76. The van der Waals surface area contributed by atoms with E-state index in [4.69, 9.17) is 9.72 Å². The summed E-state index contributed by atoms with van der Waals surface area (Å²) < 4.78 is 6.58. The van der Waals surface area contributed by atoms with Crippen molar-refractivity contribution in [2.45, 2.75) is 27.7 Å². The van der Waals surface area contributed by atoms with Gasteiger partial charge in [0.2, 0.25) is 0 Å². The summed E-state index contributed by atoms with van der Waals surface area (Å²) in [5, 5.41) is 0.663. The molecule has 2 aromatic carbocycles. The second kappa shape index (κ2) is 10.5. The highest BCUT2D eigenvalue weighted by Gasteiger charge is 2.22. The Labute approximate surface area is 187 Å². The first-order chi connectivity index (χ1) is 15.0. The minimum absolute atomic E-state index is 0.0198. The van der Waals surface area contributed by atoms with Gasteiger partial charge in [-0.15, -0.1) is 0 Å². The van der Waals surface area contributed by atoms with E-state index in [0.29, 0.717) is 29.4 Å². The molecular formula is C24H29N3O3S. The fourth-order valence-electron chi connectivity index (χ4n) is 3.33. The van der Waals surface area contributed by atoms with Gasteiger partial charge in [-0.3, -0.25) is 14.5 Å². The molecule has 7 heteroatoms. The molecule has 1 aromatic heterocycles. The molecule has 3 aromatic rings. The number of anilines is 1. The van der Waals surface area contributed by atoms with E-state index in [2.05, 4.69) is 18.7 Å². The van der Waals surface area contributed by atoms with Crippen LogP contribution in [0.15, 0.2) is 42.5 Å². The molecule has 0 bridgehead atoms. The molecule has 0 aliphatic rings. The van der Waals surface area contributed by atoms with Crippen molar-refractivity contribution in [3.8, 4) is 5.75 Å². The number of hydrogen-bond acceptors (Lipinski definition) is 6. The number of carbonyl (C=O) groups excluding carboxylic acids is 2. The van der Waals surface area contributed by atoms with Gasteiger partial charge in [-0.25, -0.2) is 4.98 Å². The van der Waals surface area contributed by atoms with Gasteiger partial charge in [0.25, 0.3) is 5.91 Å². The Morgan fingerprint density at radius 1 is 0.968 bits per heavy atom. The zero-order chi connectivity index (χ0) is 22.4. The van der Waals surface area contributed by atoms with Crippen LogP contribution in [-0.4, -0.2) is 54.4 Å². The highest BCUT2D eigenvalue weighted by molar-refractivity contribution is 7.22. The molecule has 0 aliphatic heterocycles. The zero-order valence-electron chi connectivity index (χ0n) is 18.6. The Bertz CT molecular complexity index is 1040. The van der Waals surface area contributed by atoms with Crippen LogP contribution in [0.3, 0.4) is 0 Å². The fraction of sp³-hybridized carbons (Fsp3) is 0.375. The van der Waals surface area contributed by atoms with Crippen molar-refractivity contribution in [1.82, 2.24) is 9.88 Å². The molecule has 31 heavy (non-hydrogen) atoms. The topological polar surface area (TPSA) is 62.7 Å². The van der Waals surface area contributed by atoms with Crippen LogP contribution in [0.1, 0.15) is 48.4 Å². The molecule has 0 radical (unpaired) electrons. The van der Waals surface area contributed by atoms with Crippen molar-refractivity contribution in [1.29, 1.82) is 0 Å². The summed E-state index contributed by atoms with van der Waals surface area (Å²) in [7, 11) is 0. The number of ether oxygens (including phenoxy) is 1. The van der Waals surface area contributed by atoms with Gasteiger partial charge < -0.3 is 9.64 Å². The van der Waals surface area contributed by atoms with Crippen molar-refractivity contribution in [3.63, 3.8) is 0 Å². The summed E-state index contributed by atoms with van der Waals surface area (Å²) in [6.07, 6.45) is 0. The first-order valence-corrected chi connectivity index (χ1v) is 11.5. The number of likely N-dealkylation sites (N-methyl/N-ethyl adjacent to an activating group) is 1. The lowest BCUT2D eigenvalue weighted by Crippen LogP contribution is -2.38. The molecule has 0 fully saturated rings. The predicted octanol–water partition coefficient (Wildman–Crippen LogP) is 4.89. The molecule has 0 saturated carbocycles. The molecule has 6 nitrogen and oxygen atoms in total. The van der Waals surface area contributed by atoms with E-state index in [1.54, 1.807) is 29.2 Å². The lowest BCUT2D eigenvalue weighted by atomic mass is 10.1. The van der Waals surface area contributed by atoms with E-state index in [1.807, 2.05) is 25.1 Å². The maximum absolute atomic E-state index is 13.4. The minimum atomic E-state index is -0.119. The van der Waals surface area contributed by atoms with Crippen LogP contribution in [0.4, 0.5) is 5.13 Å². The van der Waals surface area contributed by atoms with Gasteiger partial charge in [-0.1, -0.05) is 37.3 Å². The molecule has 3 rings (SSSR count). The SMILES string of the molecule is CCOc1ccc2nc(N(CCN(CC)CC)C(=O)c3ccc(C(C)=O)cc3)sc2c1. The molecular weight excluding hydrogens is 410 g/mol. The molecule has 0 atom stereocenters. The molecule has 0 N–H and O–H groups in total. The Morgan fingerprint density at radius 2 is 1.65 bits per heavy atom. The first kappa shape index (κ1) is 22.9. The largest absolute Gasteiger partial charge is 0.494 e. The van der Waals surface area contributed by atoms with E-state index in [-0.39, 0.29) is 11.7 Å². The second-order valence-corrected chi connectivity index (χ2v) is 8.19. The summed E-state index contributed by atoms with van der Waals surface area (Å²) in [5.74, 6) is 0.658. The number of benzene rings is 2. The van der Waals surface area contributed by atoms with Gasteiger partial charge in [0.15, 0.2) is 10.9 Å². The van der Waals surface area contributed by atoms with Crippen molar-refractivity contribution in [3.05, 3.63) is 53.6 Å². The van der Waals surface area contributed by atoms with Crippen LogP contribution in [0.2, 0.25) is 0 Å². The van der Waals surface area contributed by atoms with E-state index in [1.165, 1.54) is 18.3 Å². The summed E-state index contributed by atoms with van der Waals surface area (Å²) in [5.41, 5.74) is 1.98. The predicted molar refractivity (Wildman–Crippen MR) is 127 cm³/mol. The van der Waals surface area contributed by atoms with Crippen LogP contribution >= 0.6 is 11.3 Å². The number of Topliss-reactive ketones (excluding diaryl/α,β-unsaturated/α-hetero) is 1. The third-order valence-electron chi connectivity index (χ3n) is 5.21. The van der Waals surface area contributed by atoms with Gasteiger partial charge in [-0.05, 0) is 57.3 Å². The molecule has 0 aliphatic carbocycles. The number of carbonyl (C=O) groups is 2. The van der Waals surface area contributed by atoms with Crippen molar-refractivity contribution >= 4 is 38.4 Å². The average Bonchev–Trinajstić information content (AvgIpc) is 3.19. The highest BCUT2D eigenvalue weighted by Crippen LogP contribution is 2.32. The van der Waals surface area contributed by atoms with Crippen molar-refractivity contribution in [2.24, 2.45) is 0 Å². The molecule has 164 valence electrons. The number of hydrogen-bond donors (Lipinski definition) is 0. The monoisotopic (exact) mass is 439 g/mol. The summed E-state index contributed by atoms with van der Waals surface area (Å²) in [6.45, 7) is 11.4. The smallest absolute Gasteiger partial charge is 0.260 e. The van der Waals surface area contributed by atoms with Crippen LogP contribution in [0.25, 0.3) is 10.2 Å². The molecule has 0 spiro atoms. The van der Waals surface area contributed by atoms with Crippen LogP contribution in [0, 0.1) is 0 Å². The molecule has 1 amide bonds. The highest BCUT2D eigenvalue weighted by atomic mass is 32.1. The third kappa shape index (κ3) is 5.48. The van der Waals surface area contributed by atoms with Gasteiger partial charge in [-0.2, -0.15) is 0 Å². The van der Waals surface area contributed by atoms with Crippen LogP contribution in [-0.2, 0) is 0 Å². The third-order valence-corrected chi connectivity index (χ3v) is 6.25. The van der Waals surface area contributed by atoms with E-state index in [0.717, 1.165) is 35.6 Å². The Hall–Kier alpha value is -2.77. The minimum Gasteiger partial charge on any atom is -0.494 e. The van der Waals surface area contributed by atoms with E-state index >= 15 is 0 Å². The quantitative estimate of drug-likeness (QED) is 0.421. The van der Waals surface area contributed by atoms with Crippen LogP contribution < -0.4 is 9.64 Å². The maximum Gasteiger partial charge on any atom is 0.260 e. The number of nitrogens with zero attached hydrogens (tertiary/aromatic N) is 3. The van der Waals surface area contributed by atoms with Crippen LogP contribution in [0.5, 0.6) is 5.75 Å². The zero-order valence-corrected chi connectivity index (χ0v) is 19.4. The molecule has 0 unspecified atom stereocenters. The summed E-state index contributed by atoms with van der Waals surface area (Å²) >= 11 is 1.48. The number of rotatable bonds is 10. The van der Waals surface area contributed by atoms with Gasteiger partial charge in [0, 0.05) is 24.2 Å². The Balaban J connectivity index is 1.94. The standard InChI is InChI=1S/C24H29N3O3S/c1-5-26(6-2)14-15-27(23(29)19-10-8-18(9-11-19)17(4)28)24-25-21-13-12-20(30-7-3)16-22(21)31-24/h8-13,16H,5-7,14-15H2,1-4H3. The lowest BCUT2D eigenvalue weighted by molar-refractivity contribution is 0.0980. The lowest BCUT2D eigenvalue weighted by Gasteiger charge is -2.24. The van der Waals surface area contributed by atoms with Gasteiger partial charge >= 0.3 is 0 Å². The molecule has 0 saturated heterocycles. The fourth-order valence-corrected chi connectivity index (χ4v) is 4.35.